The third kappa shape index (κ3) is 3.31. The first kappa shape index (κ1) is 10.5. The van der Waals surface area contributed by atoms with Crippen LogP contribution in [0.5, 0.6) is 0 Å². The summed E-state index contributed by atoms with van der Waals surface area (Å²) in [6.07, 6.45) is 4.83. The second kappa shape index (κ2) is 5.18. The molecule has 0 bridgehead atoms. The number of nitrogens with zero attached hydrogens (tertiary/aromatic N) is 3. The van der Waals surface area contributed by atoms with Crippen LogP contribution in [-0.2, 0) is 6.54 Å². The highest BCUT2D eigenvalue weighted by atomic mass is 32.2. The first-order chi connectivity index (χ1) is 6.24. The van der Waals surface area contributed by atoms with Gasteiger partial charge in [0.15, 0.2) is 0 Å². The van der Waals surface area contributed by atoms with E-state index < -0.39 is 0 Å². The zero-order chi connectivity index (χ0) is 9.68. The molecule has 1 rings (SSSR count). The maximum Gasteiger partial charge on any atom is 0.208 e. The highest BCUT2D eigenvalue weighted by Gasteiger charge is 2.01. The van der Waals surface area contributed by atoms with E-state index in [1.54, 1.807) is 11.0 Å². The minimum atomic E-state index is 0.253. The molecule has 6 heteroatoms. The average Bonchev–Trinajstić information content (AvgIpc) is 2.53. The molecule has 0 radical (unpaired) electrons. The van der Waals surface area contributed by atoms with Crippen molar-refractivity contribution >= 4 is 29.0 Å². The summed E-state index contributed by atoms with van der Waals surface area (Å²) < 4.78 is 1.77. The summed E-state index contributed by atoms with van der Waals surface area (Å²) in [7, 11) is 0. The van der Waals surface area contributed by atoms with Crippen LogP contribution < -0.4 is 5.73 Å². The van der Waals surface area contributed by atoms with Crippen molar-refractivity contribution in [2.75, 3.05) is 12.0 Å². The minimum Gasteiger partial charge on any atom is -0.387 e. The van der Waals surface area contributed by atoms with Crippen LogP contribution in [0.3, 0.4) is 0 Å². The number of hydrogen-bond donors (Lipinski definition) is 1. The van der Waals surface area contributed by atoms with E-state index in [9.17, 15) is 0 Å². The van der Waals surface area contributed by atoms with Crippen LogP contribution in [0.15, 0.2) is 6.33 Å². The molecule has 0 saturated heterocycles. The molecule has 0 fully saturated rings. The molecule has 4 nitrogen and oxygen atoms in total. The number of nitrogens with two attached hydrogens (primary N) is 1. The Bertz CT molecular complexity index is 284. The van der Waals surface area contributed by atoms with Crippen molar-refractivity contribution in [1.82, 2.24) is 14.8 Å². The van der Waals surface area contributed by atoms with Crippen molar-refractivity contribution in [3.8, 4) is 0 Å². The van der Waals surface area contributed by atoms with E-state index >= 15 is 0 Å². The Labute approximate surface area is 86.9 Å². The Morgan fingerprint density at radius 2 is 2.54 bits per heavy atom. The molecule has 0 aliphatic rings. The van der Waals surface area contributed by atoms with Gasteiger partial charge in [0, 0.05) is 6.54 Å². The Morgan fingerprint density at radius 1 is 1.77 bits per heavy atom. The van der Waals surface area contributed by atoms with Crippen LogP contribution in [0.4, 0.5) is 0 Å². The molecular weight excluding hydrogens is 204 g/mol. The zero-order valence-corrected chi connectivity index (χ0v) is 9.07. The molecule has 0 saturated carbocycles. The van der Waals surface area contributed by atoms with E-state index in [0.717, 1.165) is 18.7 Å². The molecule has 72 valence electrons. The van der Waals surface area contributed by atoms with Gasteiger partial charge in [-0.25, -0.2) is 4.98 Å². The lowest BCUT2D eigenvalue weighted by atomic mass is 10.5. The first-order valence-corrected chi connectivity index (χ1v) is 5.72. The summed E-state index contributed by atoms with van der Waals surface area (Å²) in [6.45, 7) is 0.871. The predicted octanol–water partition coefficient (Wildman–Crippen LogP) is 0.665. The molecular formula is C7H12N4S2. The minimum absolute atomic E-state index is 0.253. The van der Waals surface area contributed by atoms with Gasteiger partial charge < -0.3 is 5.73 Å². The van der Waals surface area contributed by atoms with Crippen LogP contribution >= 0.6 is 24.0 Å². The fourth-order valence-electron chi connectivity index (χ4n) is 0.886. The second-order valence-corrected chi connectivity index (χ2v) is 3.97. The van der Waals surface area contributed by atoms with E-state index in [-0.39, 0.29) is 4.99 Å². The quantitative estimate of drug-likeness (QED) is 0.579. The Hall–Kier alpha value is -0.620. The number of aryl methyl sites for hydroxylation is 1. The summed E-state index contributed by atoms with van der Waals surface area (Å²) in [6, 6.07) is 0. The van der Waals surface area contributed by atoms with Gasteiger partial charge in [-0.2, -0.15) is 11.8 Å². The van der Waals surface area contributed by atoms with Crippen molar-refractivity contribution in [1.29, 1.82) is 0 Å². The lowest BCUT2D eigenvalue weighted by molar-refractivity contribution is 0.604. The highest BCUT2D eigenvalue weighted by Crippen LogP contribution is 1.98. The van der Waals surface area contributed by atoms with Gasteiger partial charge in [-0.15, -0.1) is 5.10 Å². The second-order valence-electron chi connectivity index (χ2n) is 2.54. The molecule has 0 amide bonds. The number of hydrogen-bond acceptors (Lipinski definition) is 4. The first-order valence-electron chi connectivity index (χ1n) is 3.92. The summed E-state index contributed by atoms with van der Waals surface area (Å²) in [5.41, 5.74) is 5.37. The highest BCUT2D eigenvalue weighted by molar-refractivity contribution is 7.98. The van der Waals surface area contributed by atoms with E-state index in [0.29, 0.717) is 5.82 Å². The van der Waals surface area contributed by atoms with Crippen molar-refractivity contribution in [2.24, 2.45) is 5.73 Å². The molecule has 0 aromatic carbocycles. The SMILES string of the molecule is CSCCCn1cnc(C(N)=S)n1. The van der Waals surface area contributed by atoms with Crippen molar-refractivity contribution in [3.05, 3.63) is 12.2 Å². The predicted molar refractivity (Wildman–Crippen MR) is 58.9 cm³/mol. The zero-order valence-electron chi connectivity index (χ0n) is 7.43. The van der Waals surface area contributed by atoms with Gasteiger partial charge in [0.25, 0.3) is 0 Å². The third-order valence-electron chi connectivity index (χ3n) is 1.49. The number of aromatic nitrogens is 3. The van der Waals surface area contributed by atoms with Gasteiger partial charge in [-0.05, 0) is 18.4 Å². The summed E-state index contributed by atoms with van der Waals surface area (Å²) >= 11 is 6.57. The largest absolute Gasteiger partial charge is 0.387 e. The van der Waals surface area contributed by atoms with Gasteiger partial charge in [0.2, 0.25) is 5.82 Å². The normalized spacial score (nSPS) is 10.2. The topological polar surface area (TPSA) is 56.7 Å². The number of thiocarbonyl (C=S) groups is 1. The maximum absolute atomic E-state index is 5.37. The van der Waals surface area contributed by atoms with Crippen molar-refractivity contribution in [2.45, 2.75) is 13.0 Å². The van der Waals surface area contributed by atoms with E-state index in [4.69, 9.17) is 18.0 Å². The molecule has 2 N–H and O–H groups in total. The molecule has 0 aliphatic heterocycles. The van der Waals surface area contributed by atoms with E-state index in [1.165, 1.54) is 0 Å². The van der Waals surface area contributed by atoms with Gasteiger partial charge in [-0.3, -0.25) is 4.68 Å². The standard InChI is InChI=1S/C7H12N4S2/c1-13-4-2-3-11-5-9-7(10-11)6(8)12/h5H,2-4H2,1H3,(H2,8,12). The molecule has 0 spiro atoms. The summed E-state index contributed by atoms with van der Waals surface area (Å²) in [4.78, 5) is 4.23. The average molecular weight is 216 g/mol. The monoisotopic (exact) mass is 216 g/mol. The third-order valence-corrected chi connectivity index (χ3v) is 2.37. The fourth-order valence-corrected chi connectivity index (χ4v) is 1.40. The fraction of sp³-hybridized carbons (Fsp3) is 0.571. The summed E-state index contributed by atoms with van der Waals surface area (Å²) in [5.74, 6) is 1.58. The molecule has 1 aromatic rings. The van der Waals surface area contributed by atoms with Gasteiger partial charge >= 0.3 is 0 Å². The van der Waals surface area contributed by atoms with Crippen LogP contribution in [0.1, 0.15) is 12.2 Å². The maximum atomic E-state index is 5.37. The van der Waals surface area contributed by atoms with Gasteiger partial charge in [0.1, 0.15) is 11.3 Å². The van der Waals surface area contributed by atoms with Crippen LogP contribution in [0.25, 0.3) is 0 Å². The Morgan fingerprint density at radius 3 is 3.08 bits per heavy atom. The smallest absolute Gasteiger partial charge is 0.208 e. The Kier molecular flexibility index (Phi) is 4.17. The lowest BCUT2D eigenvalue weighted by Crippen LogP contribution is -2.12. The van der Waals surface area contributed by atoms with Crippen molar-refractivity contribution < 1.29 is 0 Å². The van der Waals surface area contributed by atoms with E-state index in [2.05, 4.69) is 16.3 Å². The molecule has 0 atom stereocenters. The van der Waals surface area contributed by atoms with Crippen LogP contribution in [0, 0.1) is 0 Å². The van der Waals surface area contributed by atoms with Gasteiger partial charge in [-0.1, -0.05) is 12.2 Å². The molecule has 1 aromatic heterocycles. The van der Waals surface area contributed by atoms with Crippen LogP contribution in [-0.4, -0.2) is 31.8 Å². The van der Waals surface area contributed by atoms with Crippen molar-refractivity contribution in [3.63, 3.8) is 0 Å². The molecule has 0 aliphatic carbocycles. The summed E-state index contributed by atoms with van der Waals surface area (Å²) in [5, 5.41) is 4.11. The van der Waals surface area contributed by atoms with Crippen LogP contribution in [0.2, 0.25) is 0 Å². The molecule has 0 unspecified atom stereocenters. The lowest BCUT2D eigenvalue weighted by Gasteiger charge is -1.97. The number of rotatable bonds is 5. The number of thioether (sulfide) groups is 1. The molecule has 1 heterocycles. The van der Waals surface area contributed by atoms with Gasteiger partial charge in [0.05, 0.1) is 0 Å². The Balaban J connectivity index is 2.44. The molecule has 13 heavy (non-hydrogen) atoms. The van der Waals surface area contributed by atoms with E-state index in [1.807, 2.05) is 11.8 Å².